The number of nitrogens with one attached hydrogen (secondary N) is 1. The lowest BCUT2D eigenvalue weighted by molar-refractivity contribution is -0.117. The predicted octanol–water partition coefficient (Wildman–Crippen LogP) is 2.97. The zero-order chi connectivity index (χ0) is 14.1. The number of hydrogen-bond donors (Lipinski definition) is 1. The Hall–Kier alpha value is -1.36. The summed E-state index contributed by atoms with van der Waals surface area (Å²) >= 11 is 1.39. The second kappa shape index (κ2) is 5.56. The molecule has 108 valence electrons. The van der Waals surface area contributed by atoms with Crippen molar-refractivity contribution in [2.45, 2.75) is 32.6 Å². The summed E-state index contributed by atoms with van der Waals surface area (Å²) in [5.74, 6) is 0.979. The summed E-state index contributed by atoms with van der Waals surface area (Å²) in [7, 11) is 0. The Kier molecular flexibility index (Phi) is 3.78. The number of nitrogens with zero attached hydrogens (tertiary/aromatic N) is 1. The largest absolute Gasteiger partial charge is 0.338 e. The lowest BCUT2D eigenvalue weighted by atomic mass is 10.0. The van der Waals surface area contributed by atoms with Crippen LogP contribution >= 0.6 is 11.3 Å². The van der Waals surface area contributed by atoms with Gasteiger partial charge in [-0.2, -0.15) is 0 Å². The molecule has 2 heterocycles. The molecule has 1 aromatic rings. The van der Waals surface area contributed by atoms with Gasteiger partial charge in [-0.05, 0) is 43.7 Å². The van der Waals surface area contributed by atoms with Crippen LogP contribution in [-0.4, -0.2) is 29.8 Å². The van der Waals surface area contributed by atoms with Gasteiger partial charge in [0.1, 0.15) is 0 Å². The van der Waals surface area contributed by atoms with E-state index in [2.05, 4.69) is 12.2 Å². The van der Waals surface area contributed by atoms with Crippen LogP contribution in [0.5, 0.6) is 0 Å². The molecule has 1 aliphatic heterocycles. The molecule has 3 rings (SSSR count). The van der Waals surface area contributed by atoms with Crippen molar-refractivity contribution in [2.24, 2.45) is 11.8 Å². The van der Waals surface area contributed by atoms with E-state index in [1.165, 1.54) is 17.8 Å². The van der Waals surface area contributed by atoms with Crippen LogP contribution in [-0.2, 0) is 4.79 Å². The summed E-state index contributed by atoms with van der Waals surface area (Å²) in [4.78, 5) is 26.8. The normalized spacial score (nSPS) is 22.6. The summed E-state index contributed by atoms with van der Waals surface area (Å²) in [6.45, 7) is 3.89. The lowest BCUT2D eigenvalue weighted by Crippen LogP contribution is -2.38. The number of likely N-dealkylation sites (tertiary alicyclic amines) is 1. The minimum atomic E-state index is 0.0949. The van der Waals surface area contributed by atoms with E-state index >= 15 is 0 Å². The molecular formula is C15H20N2O2S. The molecule has 0 unspecified atom stereocenters. The molecule has 4 nitrogen and oxygen atoms in total. The Labute approximate surface area is 123 Å². The first-order valence-corrected chi connectivity index (χ1v) is 8.15. The number of hydrogen-bond acceptors (Lipinski definition) is 3. The van der Waals surface area contributed by atoms with Crippen LogP contribution in [0.4, 0.5) is 5.00 Å². The van der Waals surface area contributed by atoms with E-state index in [9.17, 15) is 9.59 Å². The SMILES string of the molecule is C[C@H]1CCCN(C(=O)c2ccc(NC(=O)C3CC3)s2)C1. The van der Waals surface area contributed by atoms with Crippen molar-refractivity contribution in [1.29, 1.82) is 0 Å². The monoisotopic (exact) mass is 292 g/mol. The Morgan fingerprint density at radius 3 is 2.80 bits per heavy atom. The highest BCUT2D eigenvalue weighted by atomic mass is 32.1. The van der Waals surface area contributed by atoms with Crippen LogP contribution in [0.2, 0.25) is 0 Å². The molecule has 1 atom stereocenters. The summed E-state index contributed by atoms with van der Waals surface area (Å²) < 4.78 is 0. The van der Waals surface area contributed by atoms with E-state index in [-0.39, 0.29) is 17.7 Å². The average molecular weight is 292 g/mol. The number of anilines is 1. The molecule has 0 aromatic carbocycles. The molecule has 1 aliphatic carbocycles. The highest BCUT2D eigenvalue weighted by Gasteiger charge is 2.30. The molecule has 0 spiro atoms. The summed E-state index contributed by atoms with van der Waals surface area (Å²) in [5.41, 5.74) is 0. The Bertz CT molecular complexity index is 522. The van der Waals surface area contributed by atoms with Crippen molar-refractivity contribution >= 4 is 28.2 Å². The van der Waals surface area contributed by atoms with Gasteiger partial charge in [0, 0.05) is 19.0 Å². The van der Waals surface area contributed by atoms with Crippen molar-refractivity contribution in [2.75, 3.05) is 18.4 Å². The number of rotatable bonds is 3. The van der Waals surface area contributed by atoms with Gasteiger partial charge in [-0.25, -0.2) is 0 Å². The van der Waals surface area contributed by atoms with Crippen LogP contribution in [0.1, 0.15) is 42.3 Å². The molecule has 2 fully saturated rings. The van der Waals surface area contributed by atoms with Gasteiger partial charge in [-0.15, -0.1) is 11.3 Å². The predicted molar refractivity (Wildman–Crippen MR) is 80.0 cm³/mol. The zero-order valence-corrected chi connectivity index (χ0v) is 12.5. The Balaban J connectivity index is 1.63. The fourth-order valence-corrected chi connectivity index (χ4v) is 3.50. The van der Waals surface area contributed by atoms with Gasteiger partial charge in [0.25, 0.3) is 5.91 Å². The maximum absolute atomic E-state index is 12.4. The Morgan fingerprint density at radius 2 is 2.10 bits per heavy atom. The second-order valence-corrected chi connectivity index (χ2v) is 7.01. The van der Waals surface area contributed by atoms with Gasteiger partial charge < -0.3 is 10.2 Å². The number of amides is 2. The molecule has 1 N–H and O–H groups in total. The summed E-state index contributed by atoms with van der Waals surface area (Å²) in [5, 5.41) is 3.69. The van der Waals surface area contributed by atoms with Crippen LogP contribution < -0.4 is 5.32 Å². The van der Waals surface area contributed by atoms with Crippen molar-refractivity contribution < 1.29 is 9.59 Å². The molecule has 1 aromatic heterocycles. The zero-order valence-electron chi connectivity index (χ0n) is 11.7. The topological polar surface area (TPSA) is 49.4 Å². The van der Waals surface area contributed by atoms with Crippen LogP contribution in [0.25, 0.3) is 0 Å². The van der Waals surface area contributed by atoms with Crippen LogP contribution in [0.3, 0.4) is 0 Å². The van der Waals surface area contributed by atoms with Crippen LogP contribution in [0.15, 0.2) is 12.1 Å². The fraction of sp³-hybridized carbons (Fsp3) is 0.600. The molecule has 2 amide bonds. The first-order chi connectivity index (χ1) is 9.63. The highest BCUT2D eigenvalue weighted by Crippen LogP contribution is 2.32. The molecule has 5 heteroatoms. The average Bonchev–Trinajstić information content (AvgIpc) is 3.19. The smallest absolute Gasteiger partial charge is 0.264 e. The number of piperidine rings is 1. The van der Waals surface area contributed by atoms with Gasteiger partial charge in [-0.3, -0.25) is 9.59 Å². The quantitative estimate of drug-likeness (QED) is 0.931. The van der Waals surface area contributed by atoms with Gasteiger partial charge in [-0.1, -0.05) is 6.92 Å². The van der Waals surface area contributed by atoms with E-state index in [1.807, 2.05) is 17.0 Å². The molecule has 1 saturated heterocycles. The van der Waals surface area contributed by atoms with Gasteiger partial charge in [0.2, 0.25) is 5.91 Å². The molecule has 0 radical (unpaired) electrons. The maximum Gasteiger partial charge on any atom is 0.264 e. The third-order valence-corrected chi connectivity index (χ3v) is 4.94. The van der Waals surface area contributed by atoms with E-state index < -0.39 is 0 Å². The summed E-state index contributed by atoms with van der Waals surface area (Å²) in [6, 6.07) is 3.67. The standard InChI is InChI=1S/C15H20N2O2S/c1-10-3-2-8-17(9-10)15(19)12-6-7-13(20-12)16-14(18)11-4-5-11/h6-7,10-11H,2-5,8-9H2,1H3,(H,16,18)/t10-/m0/s1. The van der Waals surface area contributed by atoms with Crippen molar-refractivity contribution in [1.82, 2.24) is 4.90 Å². The second-order valence-electron chi connectivity index (χ2n) is 5.93. The number of carbonyl (C=O) groups is 2. The van der Waals surface area contributed by atoms with Crippen molar-refractivity contribution in [3.8, 4) is 0 Å². The van der Waals surface area contributed by atoms with E-state index in [0.29, 0.717) is 5.92 Å². The minimum Gasteiger partial charge on any atom is -0.338 e. The molecule has 0 bridgehead atoms. The molecule has 1 saturated carbocycles. The Morgan fingerprint density at radius 1 is 1.30 bits per heavy atom. The third-order valence-electron chi connectivity index (χ3n) is 3.96. The van der Waals surface area contributed by atoms with Crippen LogP contribution in [0, 0.1) is 11.8 Å². The molecule has 20 heavy (non-hydrogen) atoms. The van der Waals surface area contributed by atoms with Crippen molar-refractivity contribution in [3.05, 3.63) is 17.0 Å². The molecule has 2 aliphatic rings. The maximum atomic E-state index is 12.4. The third kappa shape index (κ3) is 3.03. The highest BCUT2D eigenvalue weighted by molar-refractivity contribution is 7.18. The fourth-order valence-electron chi connectivity index (χ4n) is 2.62. The van der Waals surface area contributed by atoms with Crippen molar-refractivity contribution in [3.63, 3.8) is 0 Å². The summed E-state index contributed by atoms with van der Waals surface area (Å²) in [6.07, 6.45) is 4.28. The lowest BCUT2D eigenvalue weighted by Gasteiger charge is -2.30. The van der Waals surface area contributed by atoms with Gasteiger partial charge in [0.05, 0.1) is 9.88 Å². The van der Waals surface area contributed by atoms with E-state index in [1.54, 1.807) is 0 Å². The first-order valence-electron chi connectivity index (χ1n) is 7.33. The van der Waals surface area contributed by atoms with Gasteiger partial charge >= 0.3 is 0 Å². The minimum absolute atomic E-state index is 0.0949. The first kappa shape index (κ1) is 13.6. The van der Waals surface area contributed by atoms with E-state index in [0.717, 1.165) is 42.2 Å². The van der Waals surface area contributed by atoms with E-state index in [4.69, 9.17) is 0 Å². The molecular weight excluding hydrogens is 272 g/mol. The van der Waals surface area contributed by atoms with Gasteiger partial charge in [0.15, 0.2) is 0 Å². The number of thiophene rings is 1. The number of carbonyl (C=O) groups excluding carboxylic acids is 2.